The molecule has 0 radical (unpaired) electrons. The standard InChI is InChI=1S/C15H11Cl2NO/c16-9-4-5-12(13(17)8-9)15(19)11-2-1-3-14-10(11)6-7-18-14/h1-8,15,18-19H. The second kappa shape index (κ2) is 4.89. The number of nitrogens with one attached hydrogen (secondary N) is 1. The van der Waals surface area contributed by atoms with E-state index in [0.29, 0.717) is 15.6 Å². The molecule has 3 rings (SSSR count). The summed E-state index contributed by atoms with van der Waals surface area (Å²) in [7, 11) is 0. The minimum atomic E-state index is -0.774. The van der Waals surface area contributed by atoms with Crippen LogP contribution in [0.15, 0.2) is 48.7 Å². The molecular formula is C15H11Cl2NO. The molecule has 3 aromatic rings. The molecule has 96 valence electrons. The van der Waals surface area contributed by atoms with E-state index in [1.165, 1.54) is 0 Å². The van der Waals surface area contributed by atoms with Gasteiger partial charge >= 0.3 is 0 Å². The van der Waals surface area contributed by atoms with Crippen molar-refractivity contribution in [3.8, 4) is 0 Å². The fourth-order valence-corrected chi connectivity index (χ4v) is 2.75. The first-order chi connectivity index (χ1) is 9.16. The molecule has 0 saturated heterocycles. The summed E-state index contributed by atoms with van der Waals surface area (Å²) in [4.78, 5) is 3.12. The highest BCUT2D eigenvalue weighted by atomic mass is 35.5. The first kappa shape index (κ1) is 12.5. The van der Waals surface area contributed by atoms with Crippen molar-refractivity contribution >= 4 is 34.1 Å². The van der Waals surface area contributed by atoms with Gasteiger partial charge in [0.1, 0.15) is 6.10 Å². The van der Waals surface area contributed by atoms with Crippen LogP contribution in [0.5, 0.6) is 0 Å². The van der Waals surface area contributed by atoms with E-state index in [1.807, 2.05) is 30.5 Å². The average molecular weight is 292 g/mol. The number of H-pyrrole nitrogens is 1. The number of aromatic amines is 1. The van der Waals surface area contributed by atoms with Crippen LogP contribution in [0, 0.1) is 0 Å². The lowest BCUT2D eigenvalue weighted by molar-refractivity contribution is 0.222. The maximum absolute atomic E-state index is 10.5. The van der Waals surface area contributed by atoms with Crippen molar-refractivity contribution in [1.29, 1.82) is 0 Å². The summed E-state index contributed by atoms with van der Waals surface area (Å²) < 4.78 is 0. The van der Waals surface area contributed by atoms with Crippen LogP contribution >= 0.6 is 23.2 Å². The monoisotopic (exact) mass is 291 g/mol. The molecular weight excluding hydrogens is 281 g/mol. The second-order valence-corrected chi connectivity index (χ2v) is 5.20. The molecule has 19 heavy (non-hydrogen) atoms. The average Bonchev–Trinajstić information content (AvgIpc) is 2.86. The third-order valence-corrected chi connectivity index (χ3v) is 3.74. The van der Waals surface area contributed by atoms with Gasteiger partial charge in [-0.1, -0.05) is 41.4 Å². The molecule has 1 heterocycles. The van der Waals surface area contributed by atoms with Crippen molar-refractivity contribution < 1.29 is 5.11 Å². The third kappa shape index (κ3) is 2.23. The maximum atomic E-state index is 10.5. The second-order valence-electron chi connectivity index (χ2n) is 4.35. The molecule has 4 heteroatoms. The van der Waals surface area contributed by atoms with Crippen LogP contribution in [0.2, 0.25) is 10.0 Å². The van der Waals surface area contributed by atoms with Crippen molar-refractivity contribution in [3.63, 3.8) is 0 Å². The van der Waals surface area contributed by atoms with E-state index < -0.39 is 6.10 Å². The first-order valence-electron chi connectivity index (χ1n) is 5.86. The summed E-state index contributed by atoms with van der Waals surface area (Å²) in [5, 5.41) is 12.5. The summed E-state index contributed by atoms with van der Waals surface area (Å²) >= 11 is 12.0. The van der Waals surface area contributed by atoms with Crippen LogP contribution in [0.4, 0.5) is 0 Å². The van der Waals surface area contributed by atoms with Gasteiger partial charge in [0.2, 0.25) is 0 Å². The number of fused-ring (bicyclic) bond motifs is 1. The molecule has 0 amide bonds. The van der Waals surface area contributed by atoms with Crippen LogP contribution in [-0.2, 0) is 0 Å². The zero-order chi connectivity index (χ0) is 13.4. The van der Waals surface area contributed by atoms with E-state index in [9.17, 15) is 5.11 Å². The van der Waals surface area contributed by atoms with E-state index in [2.05, 4.69) is 4.98 Å². The molecule has 2 aromatic carbocycles. The molecule has 1 unspecified atom stereocenters. The molecule has 0 fully saturated rings. The Kier molecular flexibility index (Phi) is 3.23. The van der Waals surface area contributed by atoms with E-state index in [-0.39, 0.29) is 0 Å². The summed E-state index contributed by atoms with van der Waals surface area (Å²) in [6, 6.07) is 12.8. The van der Waals surface area contributed by atoms with Crippen molar-refractivity contribution in [1.82, 2.24) is 4.98 Å². The van der Waals surface area contributed by atoms with Crippen LogP contribution in [-0.4, -0.2) is 10.1 Å². The zero-order valence-electron chi connectivity index (χ0n) is 9.90. The summed E-state index contributed by atoms with van der Waals surface area (Å²) in [6.45, 7) is 0. The topological polar surface area (TPSA) is 36.0 Å². The Hall–Kier alpha value is -1.48. The van der Waals surface area contributed by atoms with Gasteiger partial charge in [-0.05, 0) is 29.8 Å². The molecule has 2 nitrogen and oxygen atoms in total. The van der Waals surface area contributed by atoms with Gasteiger partial charge < -0.3 is 10.1 Å². The lowest BCUT2D eigenvalue weighted by Crippen LogP contribution is -2.01. The molecule has 1 aromatic heterocycles. The minimum Gasteiger partial charge on any atom is -0.384 e. The number of hydrogen-bond acceptors (Lipinski definition) is 1. The van der Waals surface area contributed by atoms with Gasteiger partial charge in [0, 0.05) is 32.7 Å². The zero-order valence-corrected chi connectivity index (χ0v) is 11.4. The smallest absolute Gasteiger partial charge is 0.106 e. The van der Waals surface area contributed by atoms with Crippen LogP contribution in [0.1, 0.15) is 17.2 Å². The number of aliphatic hydroxyl groups is 1. The van der Waals surface area contributed by atoms with Crippen LogP contribution in [0.25, 0.3) is 10.9 Å². The largest absolute Gasteiger partial charge is 0.384 e. The fourth-order valence-electron chi connectivity index (χ4n) is 2.24. The highest BCUT2D eigenvalue weighted by Crippen LogP contribution is 2.33. The summed E-state index contributed by atoms with van der Waals surface area (Å²) in [5.41, 5.74) is 2.46. The molecule has 0 aliphatic heterocycles. The Morgan fingerprint density at radius 1 is 1.00 bits per heavy atom. The van der Waals surface area contributed by atoms with E-state index in [4.69, 9.17) is 23.2 Å². The van der Waals surface area contributed by atoms with Gasteiger partial charge in [-0.2, -0.15) is 0 Å². The Labute approximate surface area is 120 Å². The van der Waals surface area contributed by atoms with E-state index >= 15 is 0 Å². The Morgan fingerprint density at radius 3 is 2.63 bits per heavy atom. The Bertz CT molecular complexity index is 736. The van der Waals surface area contributed by atoms with Crippen LogP contribution < -0.4 is 0 Å². The molecule has 0 aliphatic rings. The summed E-state index contributed by atoms with van der Waals surface area (Å²) in [6.07, 6.45) is 1.08. The Morgan fingerprint density at radius 2 is 1.84 bits per heavy atom. The maximum Gasteiger partial charge on any atom is 0.106 e. The van der Waals surface area contributed by atoms with Crippen molar-refractivity contribution in [2.24, 2.45) is 0 Å². The van der Waals surface area contributed by atoms with Gasteiger partial charge in [0.25, 0.3) is 0 Å². The lowest BCUT2D eigenvalue weighted by atomic mass is 9.98. The number of aliphatic hydroxyl groups excluding tert-OH is 1. The van der Waals surface area contributed by atoms with Gasteiger partial charge in [-0.25, -0.2) is 0 Å². The molecule has 1 atom stereocenters. The van der Waals surface area contributed by atoms with Crippen molar-refractivity contribution in [2.75, 3.05) is 0 Å². The SMILES string of the molecule is OC(c1ccc(Cl)cc1Cl)c1cccc2[nH]ccc12. The number of halogens is 2. The molecule has 2 N–H and O–H groups in total. The quantitative estimate of drug-likeness (QED) is 0.714. The van der Waals surface area contributed by atoms with Gasteiger partial charge in [-0.3, -0.25) is 0 Å². The molecule has 0 bridgehead atoms. The van der Waals surface area contributed by atoms with Gasteiger partial charge in [0.05, 0.1) is 0 Å². The predicted octanol–water partition coefficient (Wildman–Crippen LogP) is 4.56. The minimum absolute atomic E-state index is 0.465. The normalized spacial score (nSPS) is 12.8. The molecule has 0 spiro atoms. The lowest BCUT2D eigenvalue weighted by Gasteiger charge is -2.14. The highest BCUT2D eigenvalue weighted by molar-refractivity contribution is 6.35. The fraction of sp³-hybridized carbons (Fsp3) is 0.0667. The highest BCUT2D eigenvalue weighted by Gasteiger charge is 2.16. The number of hydrogen-bond donors (Lipinski definition) is 2. The predicted molar refractivity (Wildman–Crippen MR) is 78.8 cm³/mol. The molecule has 0 aliphatic carbocycles. The third-order valence-electron chi connectivity index (χ3n) is 3.18. The molecule has 0 saturated carbocycles. The van der Waals surface area contributed by atoms with E-state index in [0.717, 1.165) is 16.5 Å². The van der Waals surface area contributed by atoms with Crippen molar-refractivity contribution in [3.05, 3.63) is 69.8 Å². The number of aromatic nitrogens is 1. The van der Waals surface area contributed by atoms with Gasteiger partial charge in [-0.15, -0.1) is 0 Å². The Balaban J connectivity index is 2.13. The number of benzene rings is 2. The van der Waals surface area contributed by atoms with E-state index in [1.54, 1.807) is 18.2 Å². The van der Waals surface area contributed by atoms with Crippen LogP contribution in [0.3, 0.4) is 0 Å². The van der Waals surface area contributed by atoms with Gasteiger partial charge in [0.15, 0.2) is 0 Å². The summed E-state index contributed by atoms with van der Waals surface area (Å²) in [5.74, 6) is 0. The number of rotatable bonds is 2. The van der Waals surface area contributed by atoms with Crippen molar-refractivity contribution in [2.45, 2.75) is 6.10 Å². The first-order valence-corrected chi connectivity index (χ1v) is 6.61.